The van der Waals surface area contributed by atoms with Gasteiger partial charge in [-0.1, -0.05) is 193 Å². The first-order valence-corrected chi connectivity index (χ1v) is 25.1. The van der Waals surface area contributed by atoms with Crippen LogP contribution in [-0.4, -0.2) is 65.7 Å². The number of carbonyl (C=O) groups excluding carboxylic acids is 2. The number of unbranched alkanes of at least 4 members (excludes halogenated alkanes) is 29. The third-order valence-electron chi connectivity index (χ3n) is 10.4. The van der Waals surface area contributed by atoms with Crippen LogP contribution in [-0.2, 0) is 32.7 Å². The molecule has 57 heavy (non-hydrogen) atoms. The van der Waals surface area contributed by atoms with Crippen LogP contribution >= 0.6 is 7.82 Å². The van der Waals surface area contributed by atoms with E-state index < -0.39 is 51.8 Å². The number of esters is 2. The van der Waals surface area contributed by atoms with Crippen molar-refractivity contribution in [3.05, 3.63) is 12.2 Å². The Morgan fingerprint density at radius 2 is 0.860 bits per heavy atom. The number of allylic oxidation sites excluding steroid dienone is 2. The molecule has 0 heterocycles. The lowest BCUT2D eigenvalue weighted by Crippen LogP contribution is -2.29. The Morgan fingerprint density at radius 3 is 1.26 bits per heavy atom. The molecule has 0 radical (unpaired) electrons. The second-order valence-corrected chi connectivity index (χ2v) is 17.6. The molecule has 0 aromatic heterocycles. The molecule has 3 atom stereocenters. The van der Waals surface area contributed by atoms with Gasteiger partial charge in [0.15, 0.2) is 6.10 Å². The van der Waals surface area contributed by atoms with E-state index in [0.29, 0.717) is 12.8 Å². The maximum Gasteiger partial charge on any atom is 0.472 e. The molecule has 11 heteroatoms. The van der Waals surface area contributed by atoms with Gasteiger partial charge in [0.2, 0.25) is 0 Å². The van der Waals surface area contributed by atoms with Crippen molar-refractivity contribution in [2.45, 2.75) is 244 Å². The van der Waals surface area contributed by atoms with Gasteiger partial charge in [-0.3, -0.25) is 18.6 Å². The highest BCUT2D eigenvalue weighted by atomic mass is 31.2. The minimum Gasteiger partial charge on any atom is -0.462 e. The molecule has 0 fully saturated rings. The van der Waals surface area contributed by atoms with Crippen LogP contribution in [0.2, 0.25) is 0 Å². The molecule has 0 aliphatic heterocycles. The van der Waals surface area contributed by atoms with Gasteiger partial charge >= 0.3 is 19.8 Å². The second kappa shape index (κ2) is 42.8. The van der Waals surface area contributed by atoms with Crippen LogP contribution in [0.5, 0.6) is 0 Å². The van der Waals surface area contributed by atoms with Crippen LogP contribution in [0.15, 0.2) is 12.2 Å². The number of hydrogen-bond donors (Lipinski definition) is 3. The molecular formula is C46H89O10P. The normalized spacial score (nSPS) is 13.8. The van der Waals surface area contributed by atoms with Crippen molar-refractivity contribution in [2.24, 2.45) is 0 Å². The first-order chi connectivity index (χ1) is 27.7. The highest BCUT2D eigenvalue weighted by molar-refractivity contribution is 7.47. The summed E-state index contributed by atoms with van der Waals surface area (Å²) in [6.45, 7) is 2.41. The molecular weight excluding hydrogens is 743 g/mol. The number of ether oxygens (including phenoxy) is 2. The molecule has 0 aliphatic carbocycles. The number of phosphoric acid groups is 1. The van der Waals surface area contributed by atoms with Crippen LogP contribution < -0.4 is 0 Å². The van der Waals surface area contributed by atoms with Crippen LogP contribution in [0.3, 0.4) is 0 Å². The number of aliphatic hydroxyl groups excluding tert-OH is 2. The summed E-state index contributed by atoms with van der Waals surface area (Å²) in [6, 6.07) is 0. The molecule has 3 N–H and O–H groups in total. The summed E-state index contributed by atoms with van der Waals surface area (Å²) in [6.07, 6.45) is 41.8. The highest BCUT2D eigenvalue weighted by Gasteiger charge is 2.27. The minimum atomic E-state index is -4.61. The van der Waals surface area contributed by atoms with Crippen molar-refractivity contribution in [1.29, 1.82) is 0 Å². The Bertz CT molecular complexity index is 961. The van der Waals surface area contributed by atoms with Crippen molar-refractivity contribution in [1.82, 2.24) is 0 Å². The molecule has 0 spiro atoms. The molecule has 0 rings (SSSR count). The van der Waals surface area contributed by atoms with Crippen molar-refractivity contribution < 1.29 is 47.8 Å². The zero-order valence-corrected chi connectivity index (χ0v) is 37.7. The van der Waals surface area contributed by atoms with Gasteiger partial charge in [-0.2, -0.15) is 0 Å². The summed E-state index contributed by atoms with van der Waals surface area (Å²) in [7, 11) is -4.61. The number of aliphatic hydroxyl groups is 2. The predicted octanol–water partition coefficient (Wildman–Crippen LogP) is 12.8. The van der Waals surface area contributed by atoms with Gasteiger partial charge in [0.05, 0.1) is 19.8 Å². The summed E-state index contributed by atoms with van der Waals surface area (Å²) >= 11 is 0. The van der Waals surface area contributed by atoms with Gasteiger partial charge in [-0.05, 0) is 38.5 Å². The molecule has 10 nitrogen and oxygen atoms in total. The van der Waals surface area contributed by atoms with Crippen molar-refractivity contribution in [3.8, 4) is 0 Å². The van der Waals surface area contributed by atoms with Gasteiger partial charge in [0.1, 0.15) is 12.7 Å². The fourth-order valence-electron chi connectivity index (χ4n) is 6.75. The molecule has 0 aliphatic rings. The number of hydrogen-bond acceptors (Lipinski definition) is 9. The summed E-state index contributed by atoms with van der Waals surface area (Å²) < 4.78 is 32.8. The molecule has 0 amide bonds. The topological polar surface area (TPSA) is 149 Å². The SMILES string of the molecule is CCCCCCCCCC/C=C\CCCCCCCCCCCC(=O)OC(COC(=O)CCCCCCCCCCCCCCC)COP(=O)(O)OCC(O)CO. The molecule has 0 aromatic rings. The quantitative estimate of drug-likeness (QED) is 0.0234. The van der Waals surface area contributed by atoms with Gasteiger partial charge in [0, 0.05) is 12.8 Å². The molecule has 0 bridgehead atoms. The first-order valence-electron chi connectivity index (χ1n) is 23.6. The summed E-state index contributed by atoms with van der Waals surface area (Å²) in [5.41, 5.74) is 0. The average molecular weight is 833 g/mol. The Balaban J connectivity index is 4.18. The first kappa shape index (κ1) is 55.7. The van der Waals surface area contributed by atoms with Gasteiger partial charge in [-0.25, -0.2) is 4.57 Å². The van der Waals surface area contributed by atoms with E-state index in [1.165, 1.54) is 154 Å². The van der Waals surface area contributed by atoms with E-state index in [9.17, 15) is 24.2 Å². The van der Waals surface area contributed by atoms with E-state index in [4.69, 9.17) is 23.6 Å². The average Bonchev–Trinajstić information content (AvgIpc) is 3.20. The monoisotopic (exact) mass is 833 g/mol. The number of rotatable bonds is 45. The lowest BCUT2D eigenvalue weighted by Gasteiger charge is -2.20. The summed E-state index contributed by atoms with van der Waals surface area (Å²) in [5.74, 6) is -0.915. The van der Waals surface area contributed by atoms with Crippen LogP contribution in [0.25, 0.3) is 0 Å². The Morgan fingerprint density at radius 1 is 0.509 bits per heavy atom. The fraction of sp³-hybridized carbons (Fsp3) is 0.913. The molecule has 338 valence electrons. The highest BCUT2D eigenvalue weighted by Crippen LogP contribution is 2.43. The molecule has 0 saturated carbocycles. The standard InChI is InChI=1S/C46H89O10P/c1-3-5-7-9-11-13-15-17-18-19-20-21-22-23-24-26-28-30-32-34-36-38-46(50)56-44(42-55-57(51,52)54-40-43(48)39-47)41-53-45(49)37-35-33-31-29-27-25-16-14-12-10-8-6-4-2/h19-20,43-44,47-48H,3-18,21-42H2,1-2H3,(H,51,52)/b20-19-. The summed E-state index contributed by atoms with van der Waals surface area (Å²) in [4.78, 5) is 35.0. The van der Waals surface area contributed by atoms with E-state index in [1.54, 1.807) is 0 Å². The van der Waals surface area contributed by atoms with Gasteiger partial charge in [0.25, 0.3) is 0 Å². The fourth-order valence-corrected chi connectivity index (χ4v) is 7.54. The number of carbonyl (C=O) groups is 2. The van der Waals surface area contributed by atoms with Gasteiger partial charge in [-0.15, -0.1) is 0 Å². The largest absolute Gasteiger partial charge is 0.472 e. The van der Waals surface area contributed by atoms with Crippen molar-refractivity contribution in [2.75, 3.05) is 26.4 Å². The van der Waals surface area contributed by atoms with Gasteiger partial charge < -0.3 is 24.6 Å². The van der Waals surface area contributed by atoms with E-state index in [-0.39, 0.29) is 19.4 Å². The van der Waals surface area contributed by atoms with E-state index in [1.807, 2.05) is 0 Å². The summed E-state index contributed by atoms with van der Waals surface area (Å²) in [5, 5.41) is 18.3. The van der Waals surface area contributed by atoms with E-state index >= 15 is 0 Å². The Labute approximate surface area is 349 Å². The van der Waals surface area contributed by atoms with Crippen LogP contribution in [0.4, 0.5) is 0 Å². The smallest absolute Gasteiger partial charge is 0.462 e. The Kier molecular flexibility index (Phi) is 41.9. The van der Waals surface area contributed by atoms with Crippen LogP contribution in [0.1, 0.15) is 232 Å². The predicted molar refractivity (Wildman–Crippen MR) is 233 cm³/mol. The maximum absolute atomic E-state index is 12.6. The Hall–Kier alpha value is -1.29. The van der Waals surface area contributed by atoms with E-state index in [0.717, 1.165) is 38.5 Å². The van der Waals surface area contributed by atoms with E-state index in [2.05, 4.69) is 26.0 Å². The molecule has 3 unspecified atom stereocenters. The lowest BCUT2D eigenvalue weighted by atomic mass is 10.0. The van der Waals surface area contributed by atoms with Crippen LogP contribution in [0, 0.1) is 0 Å². The minimum absolute atomic E-state index is 0.186. The van der Waals surface area contributed by atoms with Crippen molar-refractivity contribution in [3.63, 3.8) is 0 Å². The zero-order chi connectivity index (χ0) is 41.9. The molecule has 0 aromatic carbocycles. The molecule has 0 saturated heterocycles. The second-order valence-electron chi connectivity index (χ2n) is 16.1. The lowest BCUT2D eigenvalue weighted by molar-refractivity contribution is -0.161. The maximum atomic E-state index is 12.6. The third-order valence-corrected chi connectivity index (χ3v) is 11.4. The third kappa shape index (κ3) is 42.6. The number of phosphoric ester groups is 1. The van der Waals surface area contributed by atoms with Crippen molar-refractivity contribution >= 4 is 19.8 Å². The zero-order valence-electron chi connectivity index (χ0n) is 36.8.